The van der Waals surface area contributed by atoms with E-state index in [4.69, 9.17) is 15.4 Å². The smallest absolute Gasteiger partial charge is 0.303 e. The van der Waals surface area contributed by atoms with Crippen molar-refractivity contribution in [3.8, 4) is 11.1 Å². The van der Waals surface area contributed by atoms with Gasteiger partial charge in [-0.1, -0.05) is 28.9 Å². The summed E-state index contributed by atoms with van der Waals surface area (Å²) in [5.74, 6) is -0.637. The standard InChI is InChI=1S/C14H16N2O3/c1-8-3-4-9(2)10(7-8)13-11(5-6-12(17)18)16-19-14(13)15/h3-4,7H,5-6,15H2,1-2H3,(H,17,18). The predicted octanol–water partition coefficient (Wildman–Crippen LogP) is 2.56. The summed E-state index contributed by atoms with van der Waals surface area (Å²) in [5, 5.41) is 12.6. The molecular formula is C14H16N2O3. The maximum Gasteiger partial charge on any atom is 0.303 e. The maximum absolute atomic E-state index is 10.7. The minimum Gasteiger partial charge on any atom is -0.481 e. The SMILES string of the molecule is Cc1ccc(C)c(-c2c(CCC(=O)O)noc2N)c1. The van der Waals surface area contributed by atoms with Crippen LogP contribution in [0.1, 0.15) is 23.2 Å². The monoisotopic (exact) mass is 260 g/mol. The second kappa shape index (κ2) is 5.14. The molecule has 0 aliphatic rings. The molecule has 1 aromatic heterocycles. The van der Waals surface area contributed by atoms with Crippen molar-refractivity contribution >= 4 is 11.9 Å². The van der Waals surface area contributed by atoms with Gasteiger partial charge in [-0.05, 0) is 25.0 Å². The van der Waals surface area contributed by atoms with Gasteiger partial charge in [0, 0.05) is 6.42 Å². The van der Waals surface area contributed by atoms with Crippen molar-refractivity contribution in [3.05, 3.63) is 35.0 Å². The number of nitrogens with zero attached hydrogens (tertiary/aromatic N) is 1. The number of carboxylic acids is 1. The lowest BCUT2D eigenvalue weighted by atomic mass is 9.97. The molecule has 1 heterocycles. The van der Waals surface area contributed by atoms with Gasteiger partial charge in [0.2, 0.25) is 5.88 Å². The summed E-state index contributed by atoms with van der Waals surface area (Å²) in [4.78, 5) is 10.7. The van der Waals surface area contributed by atoms with Crippen molar-refractivity contribution in [2.45, 2.75) is 26.7 Å². The van der Waals surface area contributed by atoms with Crippen molar-refractivity contribution < 1.29 is 14.4 Å². The van der Waals surface area contributed by atoms with Crippen molar-refractivity contribution in [1.29, 1.82) is 0 Å². The molecule has 2 rings (SSSR count). The summed E-state index contributed by atoms with van der Waals surface area (Å²) in [6, 6.07) is 6.01. The van der Waals surface area contributed by atoms with Crippen LogP contribution in [-0.2, 0) is 11.2 Å². The van der Waals surface area contributed by atoms with E-state index in [1.54, 1.807) is 0 Å². The van der Waals surface area contributed by atoms with Gasteiger partial charge in [0.05, 0.1) is 17.7 Å². The first-order valence-electron chi connectivity index (χ1n) is 6.02. The Kier molecular flexibility index (Phi) is 3.55. The van der Waals surface area contributed by atoms with Gasteiger partial charge in [-0.2, -0.15) is 0 Å². The van der Waals surface area contributed by atoms with Crippen LogP contribution in [0.2, 0.25) is 0 Å². The Morgan fingerprint density at radius 2 is 2.16 bits per heavy atom. The molecule has 0 aliphatic heterocycles. The zero-order valence-electron chi connectivity index (χ0n) is 10.9. The second-order valence-corrected chi connectivity index (χ2v) is 4.58. The van der Waals surface area contributed by atoms with Gasteiger partial charge >= 0.3 is 5.97 Å². The van der Waals surface area contributed by atoms with Crippen LogP contribution in [0.4, 0.5) is 5.88 Å². The molecule has 5 heteroatoms. The van der Waals surface area contributed by atoms with E-state index in [9.17, 15) is 4.79 Å². The fraction of sp³-hybridized carbons (Fsp3) is 0.286. The number of hydrogen-bond donors (Lipinski definition) is 2. The fourth-order valence-corrected chi connectivity index (χ4v) is 2.03. The third kappa shape index (κ3) is 2.76. The molecular weight excluding hydrogens is 244 g/mol. The quantitative estimate of drug-likeness (QED) is 0.881. The zero-order valence-corrected chi connectivity index (χ0v) is 10.9. The zero-order chi connectivity index (χ0) is 14.0. The number of nitrogen functional groups attached to an aromatic ring is 1. The molecule has 0 radical (unpaired) electrons. The highest BCUT2D eigenvalue weighted by atomic mass is 16.5. The lowest BCUT2D eigenvalue weighted by Gasteiger charge is -2.07. The number of carboxylic acid groups (broad SMARTS) is 1. The summed E-state index contributed by atoms with van der Waals surface area (Å²) >= 11 is 0. The number of aryl methyl sites for hydroxylation is 3. The molecule has 0 saturated heterocycles. The first-order chi connectivity index (χ1) is 8.99. The van der Waals surface area contributed by atoms with Gasteiger partial charge in [0.15, 0.2) is 0 Å². The Morgan fingerprint density at radius 3 is 2.84 bits per heavy atom. The molecule has 0 bridgehead atoms. The number of nitrogens with two attached hydrogens (primary N) is 1. The Morgan fingerprint density at radius 1 is 1.42 bits per heavy atom. The van der Waals surface area contributed by atoms with Crippen LogP contribution in [0.25, 0.3) is 11.1 Å². The highest BCUT2D eigenvalue weighted by Crippen LogP contribution is 2.33. The van der Waals surface area contributed by atoms with E-state index in [0.717, 1.165) is 16.7 Å². The van der Waals surface area contributed by atoms with E-state index in [2.05, 4.69) is 5.16 Å². The van der Waals surface area contributed by atoms with Gasteiger partial charge in [0.25, 0.3) is 0 Å². The third-order valence-corrected chi connectivity index (χ3v) is 3.03. The van der Waals surface area contributed by atoms with Gasteiger partial charge in [-0.15, -0.1) is 0 Å². The molecule has 0 amide bonds. The van der Waals surface area contributed by atoms with E-state index in [1.807, 2.05) is 32.0 Å². The lowest BCUT2D eigenvalue weighted by molar-refractivity contribution is -0.136. The Balaban J connectivity index is 2.46. The van der Waals surface area contributed by atoms with E-state index >= 15 is 0 Å². The topological polar surface area (TPSA) is 89.3 Å². The van der Waals surface area contributed by atoms with Crippen LogP contribution in [0.3, 0.4) is 0 Å². The maximum atomic E-state index is 10.7. The van der Waals surface area contributed by atoms with E-state index < -0.39 is 5.97 Å². The molecule has 2 aromatic rings. The van der Waals surface area contributed by atoms with E-state index in [0.29, 0.717) is 17.7 Å². The average molecular weight is 260 g/mol. The number of anilines is 1. The van der Waals surface area contributed by atoms with Crippen molar-refractivity contribution in [3.63, 3.8) is 0 Å². The minimum atomic E-state index is -0.867. The first kappa shape index (κ1) is 13.1. The number of rotatable bonds is 4. The molecule has 19 heavy (non-hydrogen) atoms. The molecule has 3 N–H and O–H groups in total. The molecule has 0 atom stereocenters. The average Bonchev–Trinajstić information content (AvgIpc) is 2.71. The number of carbonyl (C=O) groups is 1. The highest BCUT2D eigenvalue weighted by Gasteiger charge is 2.18. The first-order valence-corrected chi connectivity index (χ1v) is 6.02. The molecule has 0 aliphatic carbocycles. The predicted molar refractivity (Wildman–Crippen MR) is 71.8 cm³/mol. The fourth-order valence-electron chi connectivity index (χ4n) is 2.03. The minimum absolute atomic E-state index is 0.00381. The van der Waals surface area contributed by atoms with Crippen LogP contribution in [0, 0.1) is 13.8 Å². The molecule has 0 unspecified atom stereocenters. The van der Waals surface area contributed by atoms with Crippen molar-refractivity contribution in [2.24, 2.45) is 0 Å². The van der Waals surface area contributed by atoms with Crippen LogP contribution in [-0.4, -0.2) is 16.2 Å². The number of benzene rings is 1. The third-order valence-electron chi connectivity index (χ3n) is 3.03. The molecule has 1 aromatic carbocycles. The Hall–Kier alpha value is -2.30. The van der Waals surface area contributed by atoms with Gasteiger partial charge in [-0.3, -0.25) is 4.79 Å². The summed E-state index contributed by atoms with van der Waals surface area (Å²) in [7, 11) is 0. The van der Waals surface area contributed by atoms with E-state index in [-0.39, 0.29) is 12.3 Å². The summed E-state index contributed by atoms with van der Waals surface area (Å²) in [6.07, 6.45) is 0.308. The van der Waals surface area contributed by atoms with Gasteiger partial charge < -0.3 is 15.4 Å². The largest absolute Gasteiger partial charge is 0.481 e. The normalized spacial score (nSPS) is 10.6. The Labute approximate surface area is 111 Å². The van der Waals surface area contributed by atoms with E-state index in [1.165, 1.54) is 0 Å². The number of aliphatic carboxylic acids is 1. The van der Waals surface area contributed by atoms with Crippen LogP contribution in [0.15, 0.2) is 22.7 Å². The highest BCUT2D eigenvalue weighted by molar-refractivity contribution is 5.78. The molecule has 0 spiro atoms. The lowest BCUT2D eigenvalue weighted by Crippen LogP contribution is -2.00. The van der Waals surface area contributed by atoms with Crippen molar-refractivity contribution in [2.75, 3.05) is 5.73 Å². The van der Waals surface area contributed by atoms with Gasteiger partial charge in [-0.25, -0.2) is 0 Å². The van der Waals surface area contributed by atoms with Gasteiger partial charge in [0.1, 0.15) is 0 Å². The van der Waals surface area contributed by atoms with Crippen molar-refractivity contribution in [1.82, 2.24) is 5.16 Å². The van der Waals surface area contributed by atoms with Crippen LogP contribution >= 0.6 is 0 Å². The summed E-state index contributed by atoms with van der Waals surface area (Å²) < 4.78 is 5.01. The summed E-state index contributed by atoms with van der Waals surface area (Å²) in [6.45, 7) is 3.96. The Bertz CT molecular complexity index is 617. The molecule has 0 fully saturated rings. The number of aromatic nitrogens is 1. The van der Waals surface area contributed by atoms with Crippen LogP contribution < -0.4 is 5.73 Å². The second-order valence-electron chi connectivity index (χ2n) is 4.58. The molecule has 5 nitrogen and oxygen atoms in total. The summed E-state index contributed by atoms with van der Waals surface area (Å²) in [5.41, 5.74) is 10.2. The molecule has 100 valence electrons. The van der Waals surface area contributed by atoms with Crippen LogP contribution in [0.5, 0.6) is 0 Å². The number of hydrogen-bond acceptors (Lipinski definition) is 4. The molecule has 0 saturated carbocycles.